The van der Waals surface area contributed by atoms with Crippen LogP contribution in [0.25, 0.3) is 0 Å². The normalized spacial score (nSPS) is 9.92. The molecule has 1 heterocycles. The topological polar surface area (TPSA) is 13.1 Å². The minimum absolute atomic E-state index is 0.914. The number of pyridine rings is 1. The van der Waals surface area contributed by atoms with Crippen molar-refractivity contribution in [3.63, 3.8) is 0 Å². The molecule has 0 aromatic carbocycles. The van der Waals surface area contributed by atoms with Crippen LogP contribution in [0.5, 0.6) is 5.75 Å². The third-order valence-electron chi connectivity index (χ3n) is 1.96. The number of hydrogen-bond donors (Lipinski definition) is 0. The molecule has 2 heteroatoms. The van der Waals surface area contributed by atoms with Gasteiger partial charge in [0, 0.05) is 12.5 Å². The zero-order chi connectivity index (χ0) is 8.97. The van der Waals surface area contributed by atoms with Crippen LogP contribution in [0, 0.1) is 0 Å². The Bertz CT molecular complexity index is 258. The number of aryl methyl sites for hydroxylation is 2. The molecule has 1 aromatic heterocycles. The van der Waals surface area contributed by atoms with Crippen LogP contribution in [-0.4, -0.2) is 7.11 Å². The van der Waals surface area contributed by atoms with Crippen molar-refractivity contribution in [2.75, 3.05) is 7.11 Å². The first-order valence-electron chi connectivity index (χ1n) is 4.30. The third-order valence-corrected chi connectivity index (χ3v) is 1.96. The molecular weight excluding hydrogens is 150 g/mol. The molecule has 12 heavy (non-hydrogen) atoms. The van der Waals surface area contributed by atoms with Gasteiger partial charge in [-0.3, -0.25) is 0 Å². The molecule has 0 N–H and O–H groups in total. The lowest BCUT2D eigenvalue weighted by Crippen LogP contribution is -2.32. The Morgan fingerprint density at radius 2 is 2.17 bits per heavy atom. The minimum atomic E-state index is 0.914. The van der Waals surface area contributed by atoms with E-state index in [1.165, 1.54) is 12.1 Å². The largest absolute Gasteiger partial charge is 0.491 e. The summed E-state index contributed by atoms with van der Waals surface area (Å²) in [7, 11) is 3.74. The van der Waals surface area contributed by atoms with Gasteiger partial charge in [0.25, 0.3) is 0 Å². The van der Waals surface area contributed by atoms with E-state index in [0.717, 1.165) is 12.2 Å². The number of nitrogens with zero attached hydrogens (tertiary/aromatic N) is 1. The second-order valence-electron chi connectivity index (χ2n) is 2.92. The fraction of sp³-hybridized carbons (Fsp3) is 0.500. The molecule has 2 nitrogen and oxygen atoms in total. The van der Waals surface area contributed by atoms with Gasteiger partial charge in [-0.2, -0.15) is 0 Å². The van der Waals surface area contributed by atoms with Crippen molar-refractivity contribution < 1.29 is 9.30 Å². The predicted molar refractivity (Wildman–Crippen MR) is 48.2 cm³/mol. The molecule has 0 radical (unpaired) electrons. The molecule has 66 valence electrons. The quantitative estimate of drug-likeness (QED) is 0.620. The third kappa shape index (κ3) is 1.97. The Morgan fingerprint density at radius 3 is 2.67 bits per heavy atom. The van der Waals surface area contributed by atoms with E-state index in [1.807, 2.05) is 19.3 Å². The van der Waals surface area contributed by atoms with E-state index in [0.29, 0.717) is 0 Å². The smallest absolute Gasteiger partial charge is 0.211 e. The van der Waals surface area contributed by atoms with Gasteiger partial charge in [0.1, 0.15) is 7.05 Å². The maximum atomic E-state index is 5.11. The Kier molecular flexibility index (Phi) is 3.09. The van der Waals surface area contributed by atoms with Crippen LogP contribution in [0.3, 0.4) is 0 Å². The van der Waals surface area contributed by atoms with Crippen LogP contribution >= 0.6 is 0 Å². The van der Waals surface area contributed by atoms with Crippen molar-refractivity contribution >= 4 is 0 Å². The Morgan fingerprint density at radius 1 is 1.42 bits per heavy atom. The molecule has 0 unspecified atom stereocenters. The zero-order valence-electron chi connectivity index (χ0n) is 8.00. The van der Waals surface area contributed by atoms with E-state index in [4.69, 9.17) is 4.74 Å². The number of aromatic nitrogens is 1. The van der Waals surface area contributed by atoms with Crippen molar-refractivity contribution in [2.45, 2.75) is 19.8 Å². The predicted octanol–water partition coefficient (Wildman–Crippen LogP) is 1.47. The van der Waals surface area contributed by atoms with E-state index < -0.39 is 0 Å². The van der Waals surface area contributed by atoms with Crippen molar-refractivity contribution in [1.29, 1.82) is 0 Å². The lowest BCUT2D eigenvalue weighted by molar-refractivity contribution is -0.679. The van der Waals surface area contributed by atoms with E-state index in [1.54, 1.807) is 7.11 Å². The summed E-state index contributed by atoms with van der Waals surface area (Å²) >= 11 is 0. The first kappa shape index (κ1) is 9.04. The van der Waals surface area contributed by atoms with Crippen molar-refractivity contribution in [1.82, 2.24) is 0 Å². The summed E-state index contributed by atoms with van der Waals surface area (Å²) in [4.78, 5) is 0. The molecule has 0 aliphatic rings. The molecule has 0 atom stereocenters. The highest BCUT2D eigenvalue weighted by molar-refractivity contribution is 5.15. The Balaban J connectivity index is 2.87. The fourth-order valence-electron chi connectivity index (χ4n) is 1.25. The molecule has 0 fully saturated rings. The summed E-state index contributed by atoms with van der Waals surface area (Å²) in [6.45, 7) is 2.18. The maximum Gasteiger partial charge on any atom is 0.211 e. The van der Waals surface area contributed by atoms with Gasteiger partial charge in [0.2, 0.25) is 6.20 Å². The summed E-state index contributed by atoms with van der Waals surface area (Å²) < 4.78 is 7.22. The molecule has 0 aliphatic carbocycles. The Labute approximate surface area is 73.8 Å². The van der Waals surface area contributed by atoms with Crippen LogP contribution < -0.4 is 9.30 Å². The number of hydrogen-bond acceptors (Lipinski definition) is 1. The van der Waals surface area contributed by atoms with E-state index in [2.05, 4.69) is 17.6 Å². The van der Waals surface area contributed by atoms with Crippen LogP contribution in [0.2, 0.25) is 0 Å². The summed E-state index contributed by atoms with van der Waals surface area (Å²) in [5, 5.41) is 0. The second kappa shape index (κ2) is 4.10. The summed E-state index contributed by atoms with van der Waals surface area (Å²) in [6, 6.07) is 4.12. The molecule has 0 aliphatic heterocycles. The van der Waals surface area contributed by atoms with Gasteiger partial charge in [-0.25, -0.2) is 4.57 Å². The van der Waals surface area contributed by atoms with Gasteiger partial charge >= 0.3 is 0 Å². The van der Waals surface area contributed by atoms with Crippen molar-refractivity contribution in [3.8, 4) is 5.75 Å². The molecular formula is C10H16NO+. The minimum Gasteiger partial charge on any atom is -0.491 e. The number of methoxy groups -OCH3 is 1. The monoisotopic (exact) mass is 166 g/mol. The van der Waals surface area contributed by atoms with Gasteiger partial charge < -0.3 is 4.74 Å². The van der Waals surface area contributed by atoms with Crippen LogP contribution in [-0.2, 0) is 13.5 Å². The van der Waals surface area contributed by atoms with Crippen molar-refractivity contribution in [2.24, 2.45) is 7.05 Å². The number of ether oxygens (including phenoxy) is 1. The maximum absolute atomic E-state index is 5.11. The highest BCUT2D eigenvalue weighted by Gasteiger charge is 2.05. The lowest BCUT2D eigenvalue weighted by Gasteiger charge is -2.00. The molecule has 0 bridgehead atoms. The first-order chi connectivity index (χ1) is 5.77. The van der Waals surface area contributed by atoms with Crippen LogP contribution in [0.15, 0.2) is 18.3 Å². The van der Waals surface area contributed by atoms with E-state index in [-0.39, 0.29) is 0 Å². The molecule has 1 aromatic rings. The van der Waals surface area contributed by atoms with Crippen LogP contribution in [0.4, 0.5) is 0 Å². The van der Waals surface area contributed by atoms with Gasteiger partial charge in [0.05, 0.1) is 7.11 Å². The highest BCUT2D eigenvalue weighted by atomic mass is 16.5. The zero-order valence-corrected chi connectivity index (χ0v) is 8.00. The summed E-state index contributed by atoms with van der Waals surface area (Å²) in [5.74, 6) is 0.914. The fourth-order valence-corrected chi connectivity index (χ4v) is 1.25. The molecule has 0 saturated heterocycles. The van der Waals surface area contributed by atoms with Gasteiger partial charge in [-0.05, 0) is 12.5 Å². The summed E-state index contributed by atoms with van der Waals surface area (Å²) in [5.41, 5.74) is 1.35. The van der Waals surface area contributed by atoms with Crippen molar-refractivity contribution in [3.05, 3.63) is 24.0 Å². The number of rotatable bonds is 3. The SMILES string of the molecule is CCCc1ccc(OC)c[n+]1C. The van der Waals surface area contributed by atoms with E-state index >= 15 is 0 Å². The standard InChI is InChI=1S/C10H16NO/c1-4-5-9-6-7-10(12-3)8-11(9)2/h6-8H,4-5H2,1-3H3/q+1. The Hall–Kier alpha value is -1.05. The molecule has 0 saturated carbocycles. The average Bonchev–Trinajstić information content (AvgIpc) is 2.09. The second-order valence-corrected chi connectivity index (χ2v) is 2.92. The first-order valence-corrected chi connectivity index (χ1v) is 4.30. The van der Waals surface area contributed by atoms with Gasteiger partial charge in [-0.1, -0.05) is 6.92 Å². The van der Waals surface area contributed by atoms with E-state index in [9.17, 15) is 0 Å². The molecule has 0 spiro atoms. The average molecular weight is 166 g/mol. The van der Waals surface area contributed by atoms with Gasteiger partial charge in [0.15, 0.2) is 11.4 Å². The molecule has 1 rings (SSSR count). The summed E-state index contributed by atoms with van der Waals surface area (Å²) in [6.07, 6.45) is 4.31. The highest BCUT2D eigenvalue weighted by Crippen LogP contribution is 2.06. The lowest BCUT2D eigenvalue weighted by atomic mass is 10.2. The van der Waals surface area contributed by atoms with Crippen LogP contribution in [0.1, 0.15) is 19.0 Å². The van der Waals surface area contributed by atoms with Gasteiger partial charge in [-0.15, -0.1) is 0 Å². The molecule has 0 amide bonds.